The van der Waals surface area contributed by atoms with Gasteiger partial charge < -0.3 is 15.8 Å². The van der Waals surface area contributed by atoms with E-state index in [0.29, 0.717) is 5.69 Å². The number of allylic oxidation sites excluding steroid dienone is 1. The Morgan fingerprint density at radius 2 is 1.33 bits per heavy atom. The summed E-state index contributed by atoms with van der Waals surface area (Å²) >= 11 is 4.71. The summed E-state index contributed by atoms with van der Waals surface area (Å²) in [7, 11) is 0. The molecular formula is C38H43ClN10O3. The number of fused-ring (bicyclic) bond motifs is 2. The molecule has 0 unspecified atom stereocenters. The van der Waals surface area contributed by atoms with E-state index in [4.69, 9.17) is 22.1 Å². The van der Waals surface area contributed by atoms with E-state index in [2.05, 4.69) is 76.3 Å². The molecule has 5 heterocycles. The van der Waals surface area contributed by atoms with Gasteiger partial charge in [-0.2, -0.15) is 10.2 Å². The first-order chi connectivity index (χ1) is 25.0. The molecule has 0 aliphatic carbocycles. The maximum absolute atomic E-state index is 11.5. The van der Waals surface area contributed by atoms with E-state index in [1.165, 1.54) is 25.2 Å². The highest BCUT2D eigenvalue weighted by Crippen LogP contribution is 2.30. The number of aromatic nitrogens is 8. The van der Waals surface area contributed by atoms with Crippen molar-refractivity contribution in [2.24, 2.45) is 0 Å². The van der Waals surface area contributed by atoms with Crippen molar-refractivity contribution in [2.45, 2.75) is 52.6 Å². The first kappa shape index (κ1) is 39.0. The Kier molecular flexibility index (Phi) is 14.2. The van der Waals surface area contributed by atoms with E-state index in [1.807, 2.05) is 57.9 Å². The maximum atomic E-state index is 11.5. The summed E-state index contributed by atoms with van der Waals surface area (Å²) in [4.78, 5) is 37.8. The lowest BCUT2D eigenvalue weighted by Gasteiger charge is -2.05. The number of amides is 1. The van der Waals surface area contributed by atoms with Gasteiger partial charge in [-0.05, 0) is 88.6 Å². The molecule has 6 aromatic rings. The van der Waals surface area contributed by atoms with Gasteiger partial charge in [0.25, 0.3) is 0 Å². The minimum absolute atomic E-state index is 0.185. The second-order valence-corrected chi connectivity index (χ2v) is 12.4. The van der Waals surface area contributed by atoms with Crippen LogP contribution in [0, 0.1) is 0 Å². The number of carbonyl (C=O) groups is 2. The lowest BCUT2D eigenvalue weighted by atomic mass is 10.1. The van der Waals surface area contributed by atoms with Crippen LogP contribution in [0.25, 0.3) is 44.6 Å². The summed E-state index contributed by atoms with van der Waals surface area (Å²) in [6, 6.07) is 15.6. The van der Waals surface area contributed by atoms with Crippen LogP contribution in [0.1, 0.15) is 52.6 Å². The zero-order valence-electron chi connectivity index (χ0n) is 29.7. The number of hydrogen-bond acceptors (Lipinski definition) is 10. The molecule has 1 aliphatic rings. The van der Waals surface area contributed by atoms with Crippen LogP contribution < -0.4 is 11.1 Å². The van der Waals surface area contributed by atoms with Crippen LogP contribution >= 0.6 is 11.6 Å². The van der Waals surface area contributed by atoms with E-state index in [-0.39, 0.29) is 18.0 Å². The number of carbonyl (C=O) groups excluding carboxylic acids is 2. The summed E-state index contributed by atoms with van der Waals surface area (Å²) in [5, 5.41) is 13.4. The van der Waals surface area contributed by atoms with Crippen molar-refractivity contribution in [1.29, 1.82) is 0 Å². The van der Waals surface area contributed by atoms with Crippen molar-refractivity contribution in [3.63, 3.8) is 0 Å². The van der Waals surface area contributed by atoms with Gasteiger partial charge in [0.2, 0.25) is 11.1 Å². The molecule has 0 saturated carbocycles. The lowest BCUT2D eigenvalue weighted by molar-refractivity contribution is -0.112. The first-order valence-electron chi connectivity index (χ1n) is 16.7. The predicted molar refractivity (Wildman–Crippen MR) is 207 cm³/mol. The Morgan fingerprint density at radius 1 is 0.827 bits per heavy atom. The number of ether oxygens (including phenoxy) is 1. The molecule has 4 aromatic heterocycles. The molecule has 270 valence electrons. The molecule has 14 heteroatoms. The van der Waals surface area contributed by atoms with E-state index < -0.39 is 5.24 Å². The molecule has 2 aromatic carbocycles. The van der Waals surface area contributed by atoms with Gasteiger partial charge in [-0.15, -0.1) is 0 Å². The van der Waals surface area contributed by atoms with E-state index in [9.17, 15) is 9.59 Å². The fourth-order valence-corrected chi connectivity index (χ4v) is 5.04. The fraction of sp³-hybridized carbons (Fsp3) is 0.263. The number of benzene rings is 2. The zero-order chi connectivity index (χ0) is 37.6. The molecule has 52 heavy (non-hydrogen) atoms. The van der Waals surface area contributed by atoms with Crippen LogP contribution in [-0.2, 0) is 14.3 Å². The van der Waals surface area contributed by atoms with Crippen molar-refractivity contribution in [3.05, 3.63) is 98.9 Å². The minimum atomic E-state index is -0.509. The molecule has 3 N–H and O–H groups in total. The molecule has 1 saturated heterocycles. The number of rotatable bonds is 7. The second kappa shape index (κ2) is 19.0. The molecule has 7 rings (SSSR count). The van der Waals surface area contributed by atoms with Crippen LogP contribution in [0.15, 0.2) is 98.9 Å². The number of anilines is 2. The number of halogens is 1. The number of nitrogen functional groups attached to an aromatic ring is 1. The summed E-state index contributed by atoms with van der Waals surface area (Å²) in [6.07, 6.45) is 11.5. The molecule has 0 spiro atoms. The summed E-state index contributed by atoms with van der Waals surface area (Å²) in [5.74, 6) is -0.247. The Hall–Kier alpha value is -5.79. The van der Waals surface area contributed by atoms with Crippen LogP contribution in [0.2, 0.25) is 0 Å². The first-order valence-corrected chi connectivity index (χ1v) is 17.1. The number of nitrogens with zero attached hydrogens (tertiary/aromatic N) is 8. The van der Waals surface area contributed by atoms with Gasteiger partial charge in [-0.3, -0.25) is 9.59 Å². The van der Waals surface area contributed by atoms with Gasteiger partial charge >= 0.3 is 0 Å². The van der Waals surface area contributed by atoms with Crippen molar-refractivity contribution in [1.82, 2.24) is 39.5 Å². The third kappa shape index (κ3) is 10.4. The van der Waals surface area contributed by atoms with Crippen molar-refractivity contribution >= 4 is 56.2 Å². The second-order valence-electron chi connectivity index (χ2n) is 12.0. The summed E-state index contributed by atoms with van der Waals surface area (Å²) in [6.45, 7) is 16.8. The molecule has 0 radical (unpaired) electrons. The Bertz CT molecular complexity index is 2130. The molecular weight excluding hydrogens is 680 g/mol. The highest BCUT2D eigenvalue weighted by molar-refractivity contribution is 6.66. The maximum Gasteiger partial charge on any atom is 0.247 e. The van der Waals surface area contributed by atoms with E-state index in [0.717, 1.165) is 69.6 Å². The molecule has 13 nitrogen and oxygen atoms in total. The highest BCUT2D eigenvalue weighted by atomic mass is 35.5. The summed E-state index contributed by atoms with van der Waals surface area (Å²) in [5.41, 5.74) is 12.4. The SMILES string of the molecule is C1CCOC1.C=CC(=O)Cl.C=CC(=O)Nc1cccc(-c2nn(C(C)C)c3ncncc23)c1.CC(C)n1nc(-c2cccc(N)c2)c2cncnc21. The Labute approximate surface area is 307 Å². The summed E-state index contributed by atoms with van der Waals surface area (Å²) < 4.78 is 8.73. The third-order valence-electron chi connectivity index (χ3n) is 7.46. The van der Waals surface area contributed by atoms with Gasteiger partial charge in [-0.25, -0.2) is 29.3 Å². The van der Waals surface area contributed by atoms with Crippen molar-refractivity contribution in [2.75, 3.05) is 24.3 Å². The smallest absolute Gasteiger partial charge is 0.247 e. The van der Waals surface area contributed by atoms with Gasteiger partial charge in [0, 0.05) is 60.2 Å². The predicted octanol–water partition coefficient (Wildman–Crippen LogP) is 7.59. The quantitative estimate of drug-likeness (QED) is 0.0951. The van der Waals surface area contributed by atoms with Gasteiger partial charge in [0.1, 0.15) is 24.0 Å². The highest BCUT2D eigenvalue weighted by Gasteiger charge is 2.17. The molecule has 1 amide bonds. The largest absolute Gasteiger partial charge is 0.399 e. The average molecular weight is 723 g/mol. The van der Waals surface area contributed by atoms with Crippen molar-refractivity contribution < 1.29 is 14.3 Å². The normalized spacial score (nSPS) is 11.9. The van der Waals surface area contributed by atoms with Gasteiger partial charge in [-0.1, -0.05) is 37.4 Å². The minimum Gasteiger partial charge on any atom is -0.399 e. The van der Waals surface area contributed by atoms with Crippen LogP contribution in [-0.4, -0.2) is 63.9 Å². The molecule has 1 aliphatic heterocycles. The number of hydrogen-bond donors (Lipinski definition) is 2. The molecule has 0 bridgehead atoms. The molecule has 1 fully saturated rings. The molecule has 0 atom stereocenters. The average Bonchev–Trinajstić information content (AvgIpc) is 3.93. The lowest BCUT2D eigenvalue weighted by Crippen LogP contribution is -2.07. The van der Waals surface area contributed by atoms with Crippen LogP contribution in [0.4, 0.5) is 11.4 Å². The fourth-order valence-electron chi connectivity index (χ4n) is 5.04. The van der Waals surface area contributed by atoms with Gasteiger partial charge in [0.15, 0.2) is 11.3 Å². The number of nitrogens with one attached hydrogen (secondary N) is 1. The standard InChI is InChI=1S/C17H17N5O.C14H15N5.C4H8O.C3H3ClO/c1-4-15(23)20-13-7-5-6-12(8-13)16-14-9-18-10-19-17(14)22(21-16)11(2)3;1-9(2)19-14-12(7-16-8-17-14)13(18-19)10-4-3-5-11(15)6-10;1-2-4-5-3-1;1-2-3(4)5/h4-11H,1H2,2-3H3,(H,20,23);3-9H,15H2,1-2H3;1-4H2;2H,1H2. The Morgan fingerprint density at radius 3 is 1.75 bits per heavy atom. The third-order valence-corrected chi connectivity index (χ3v) is 7.61. The van der Waals surface area contributed by atoms with Gasteiger partial charge in [0.05, 0.1) is 10.8 Å². The Balaban J connectivity index is 0.000000186. The van der Waals surface area contributed by atoms with Crippen LogP contribution in [0.3, 0.4) is 0 Å². The van der Waals surface area contributed by atoms with Crippen LogP contribution in [0.5, 0.6) is 0 Å². The monoisotopic (exact) mass is 722 g/mol. The van der Waals surface area contributed by atoms with E-state index in [1.54, 1.807) is 18.7 Å². The zero-order valence-corrected chi connectivity index (χ0v) is 30.5. The topological polar surface area (TPSA) is 169 Å². The van der Waals surface area contributed by atoms with E-state index >= 15 is 0 Å². The van der Waals surface area contributed by atoms with Crippen molar-refractivity contribution in [3.8, 4) is 22.5 Å². The number of nitrogens with two attached hydrogens (primary N) is 1.